The number of hydrogen-bond donors (Lipinski definition) is 0. The van der Waals surface area contributed by atoms with Crippen LogP contribution < -0.4 is 9.47 Å². The maximum atomic E-state index is 13.6. The van der Waals surface area contributed by atoms with Crippen molar-refractivity contribution in [2.24, 2.45) is 0 Å². The predicted molar refractivity (Wildman–Crippen MR) is 78.7 cm³/mol. The van der Waals surface area contributed by atoms with E-state index in [1.807, 2.05) is 32.0 Å². The van der Waals surface area contributed by atoms with Crippen molar-refractivity contribution < 1.29 is 18.7 Å². The molecular formula is C17H17FO3. The number of Topliss-reactive ketones (excluding diaryl/α,β-unsaturated/α-hetero) is 1. The van der Waals surface area contributed by atoms with Crippen molar-refractivity contribution in [3.63, 3.8) is 0 Å². The number of carbonyl (C=O) groups is 1. The van der Waals surface area contributed by atoms with Crippen molar-refractivity contribution in [3.05, 3.63) is 58.9 Å². The van der Waals surface area contributed by atoms with E-state index in [0.29, 0.717) is 5.75 Å². The minimum Gasteiger partial charge on any atom is -0.494 e. The number of benzene rings is 2. The number of hydrogen-bond acceptors (Lipinski definition) is 3. The number of rotatable bonds is 5. The molecular weight excluding hydrogens is 271 g/mol. The highest BCUT2D eigenvalue weighted by atomic mass is 19.1. The van der Waals surface area contributed by atoms with Gasteiger partial charge < -0.3 is 9.47 Å². The van der Waals surface area contributed by atoms with Gasteiger partial charge in [0.1, 0.15) is 5.75 Å². The fraction of sp³-hybridized carbons (Fsp3) is 0.235. The Morgan fingerprint density at radius 2 is 1.86 bits per heavy atom. The Labute approximate surface area is 123 Å². The minimum absolute atomic E-state index is 0.113. The molecule has 0 spiro atoms. The Morgan fingerprint density at radius 3 is 2.48 bits per heavy atom. The van der Waals surface area contributed by atoms with Gasteiger partial charge in [0.25, 0.3) is 0 Å². The molecule has 21 heavy (non-hydrogen) atoms. The first-order chi connectivity index (χ1) is 10.0. The highest BCUT2D eigenvalue weighted by molar-refractivity contribution is 5.97. The first-order valence-electron chi connectivity index (χ1n) is 6.58. The van der Waals surface area contributed by atoms with Crippen molar-refractivity contribution >= 4 is 5.78 Å². The van der Waals surface area contributed by atoms with E-state index in [4.69, 9.17) is 9.47 Å². The summed E-state index contributed by atoms with van der Waals surface area (Å²) in [6, 6.07) is 9.72. The van der Waals surface area contributed by atoms with Crippen molar-refractivity contribution in [1.82, 2.24) is 0 Å². The Kier molecular flexibility index (Phi) is 4.58. The number of ether oxygens (including phenoxy) is 2. The van der Waals surface area contributed by atoms with E-state index in [-0.39, 0.29) is 23.7 Å². The van der Waals surface area contributed by atoms with Gasteiger partial charge in [-0.05, 0) is 55.3 Å². The molecule has 0 aromatic heterocycles. The number of halogens is 1. The Hall–Kier alpha value is -2.36. The van der Waals surface area contributed by atoms with Gasteiger partial charge in [0, 0.05) is 5.56 Å². The van der Waals surface area contributed by atoms with Gasteiger partial charge >= 0.3 is 0 Å². The molecule has 0 fully saturated rings. The number of methoxy groups -OCH3 is 1. The molecule has 0 bridgehead atoms. The molecule has 0 amide bonds. The average molecular weight is 288 g/mol. The van der Waals surface area contributed by atoms with Crippen LogP contribution in [0.25, 0.3) is 0 Å². The standard InChI is InChI=1S/C17H17FO3/c1-11-4-6-14(8-12(11)2)21-10-16(19)13-5-7-17(20-3)15(18)9-13/h4-9H,10H2,1-3H3. The topological polar surface area (TPSA) is 35.5 Å². The second-order valence-electron chi connectivity index (χ2n) is 4.81. The van der Waals surface area contributed by atoms with Crippen LogP contribution in [0.4, 0.5) is 4.39 Å². The lowest BCUT2D eigenvalue weighted by Crippen LogP contribution is -2.12. The van der Waals surface area contributed by atoms with Crippen LogP contribution in [0, 0.1) is 19.7 Å². The van der Waals surface area contributed by atoms with E-state index in [1.54, 1.807) is 0 Å². The molecule has 0 aliphatic carbocycles. The highest BCUT2D eigenvalue weighted by Crippen LogP contribution is 2.19. The lowest BCUT2D eigenvalue weighted by atomic mass is 10.1. The summed E-state index contributed by atoms with van der Waals surface area (Å²) in [6.45, 7) is 3.85. The van der Waals surface area contributed by atoms with E-state index in [1.165, 1.54) is 19.2 Å². The van der Waals surface area contributed by atoms with Gasteiger partial charge in [0.05, 0.1) is 7.11 Å². The first-order valence-corrected chi connectivity index (χ1v) is 6.58. The third kappa shape index (κ3) is 3.60. The molecule has 0 heterocycles. The molecule has 0 saturated heterocycles. The first kappa shape index (κ1) is 15.0. The molecule has 3 nitrogen and oxygen atoms in total. The van der Waals surface area contributed by atoms with Gasteiger partial charge in [-0.3, -0.25) is 4.79 Å². The molecule has 4 heteroatoms. The minimum atomic E-state index is -0.561. The summed E-state index contributed by atoms with van der Waals surface area (Å²) in [5, 5.41) is 0. The fourth-order valence-corrected chi connectivity index (χ4v) is 1.88. The maximum absolute atomic E-state index is 13.6. The normalized spacial score (nSPS) is 10.3. The van der Waals surface area contributed by atoms with Crippen LogP contribution in [-0.2, 0) is 0 Å². The van der Waals surface area contributed by atoms with Crippen molar-refractivity contribution in [2.75, 3.05) is 13.7 Å². The Morgan fingerprint density at radius 1 is 1.10 bits per heavy atom. The number of ketones is 1. The largest absolute Gasteiger partial charge is 0.494 e. The van der Waals surface area contributed by atoms with E-state index >= 15 is 0 Å². The van der Waals surface area contributed by atoms with Gasteiger partial charge in [-0.1, -0.05) is 6.07 Å². The van der Waals surface area contributed by atoms with Crippen molar-refractivity contribution in [3.8, 4) is 11.5 Å². The summed E-state index contributed by atoms with van der Waals surface area (Å²) in [5.41, 5.74) is 2.51. The predicted octanol–water partition coefficient (Wildman–Crippen LogP) is 3.71. The van der Waals surface area contributed by atoms with Gasteiger partial charge in [-0.25, -0.2) is 4.39 Å². The highest BCUT2D eigenvalue weighted by Gasteiger charge is 2.11. The second kappa shape index (κ2) is 6.39. The molecule has 110 valence electrons. The van der Waals surface area contributed by atoms with E-state index < -0.39 is 5.82 Å². The molecule has 2 rings (SSSR count). The molecule has 0 N–H and O–H groups in total. The zero-order valence-electron chi connectivity index (χ0n) is 12.3. The fourth-order valence-electron chi connectivity index (χ4n) is 1.88. The lowest BCUT2D eigenvalue weighted by molar-refractivity contribution is 0.0921. The van der Waals surface area contributed by atoms with E-state index in [9.17, 15) is 9.18 Å². The van der Waals surface area contributed by atoms with Crippen molar-refractivity contribution in [1.29, 1.82) is 0 Å². The van der Waals surface area contributed by atoms with E-state index in [2.05, 4.69) is 0 Å². The number of aryl methyl sites for hydroxylation is 2. The maximum Gasteiger partial charge on any atom is 0.200 e. The smallest absolute Gasteiger partial charge is 0.200 e. The van der Waals surface area contributed by atoms with Crippen LogP contribution in [0.1, 0.15) is 21.5 Å². The van der Waals surface area contributed by atoms with Gasteiger partial charge in [-0.15, -0.1) is 0 Å². The molecule has 0 aliphatic rings. The molecule has 0 saturated carbocycles. The Bertz CT molecular complexity index is 665. The van der Waals surface area contributed by atoms with Gasteiger partial charge in [-0.2, -0.15) is 0 Å². The average Bonchev–Trinajstić information content (AvgIpc) is 2.48. The Balaban J connectivity index is 2.04. The summed E-state index contributed by atoms with van der Waals surface area (Å²) in [6.07, 6.45) is 0. The zero-order valence-corrected chi connectivity index (χ0v) is 12.3. The molecule has 2 aromatic rings. The summed E-state index contributed by atoms with van der Waals surface area (Å²) in [5.74, 6) is -0.105. The quantitative estimate of drug-likeness (QED) is 0.787. The monoisotopic (exact) mass is 288 g/mol. The van der Waals surface area contributed by atoms with Crippen LogP contribution in [-0.4, -0.2) is 19.5 Å². The van der Waals surface area contributed by atoms with Crippen LogP contribution in [0.3, 0.4) is 0 Å². The van der Waals surface area contributed by atoms with Crippen LogP contribution in [0.2, 0.25) is 0 Å². The third-order valence-corrected chi connectivity index (χ3v) is 3.32. The molecule has 0 aliphatic heterocycles. The van der Waals surface area contributed by atoms with Crippen LogP contribution >= 0.6 is 0 Å². The SMILES string of the molecule is COc1ccc(C(=O)COc2ccc(C)c(C)c2)cc1F. The van der Waals surface area contributed by atoms with Crippen LogP contribution in [0.5, 0.6) is 11.5 Å². The summed E-state index contributed by atoms with van der Waals surface area (Å²) in [7, 11) is 1.38. The van der Waals surface area contributed by atoms with Crippen LogP contribution in [0.15, 0.2) is 36.4 Å². The van der Waals surface area contributed by atoms with Gasteiger partial charge in [0.15, 0.2) is 24.0 Å². The summed E-state index contributed by atoms with van der Waals surface area (Å²) in [4.78, 5) is 12.0. The molecule has 0 unspecified atom stereocenters. The molecule has 0 atom stereocenters. The van der Waals surface area contributed by atoms with Crippen molar-refractivity contribution in [2.45, 2.75) is 13.8 Å². The third-order valence-electron chi connectivity index (χ3n) is 3.32. The van der Waals surface area contributed by atoms with E-state index in [0.717, 1.165) is 17.2 Å². The second-order valence-corrected chi connectivity index (χ2v) is 4.81. The zero-order chi connectivity index (χ0) is 15.4. The lowest BCUT2D eigenvalue weighted by Gasteiger charge is -2.08. The molecule has 2 aromatic carbocycles. The molecule has 0 radical (unpaired) electrons. The van der Waals surface area contributed by atoms with Gasteiger partial charge in [0.2, 0.25) is 0 Å². The summed E-state index contributed by atoms with van der Waals surface area (Å²) >= 11 is 0. The summed E-state index contributed by atoms with van der Waals surface area (Å²) < 4.78 is 23.8. The number of carbonyl (C=O) groups excluding carboxylic acids is 1.